The Labute approximate surface area is 180 Å². The zero-order valence-electron chi connectivity index (χ0n) is 15.9. The monoisotopic (exact) mass is 507 g/mol. The van der Waals surface area contributed by atoms with Crippen LogP contribution in [0.1, 0.15) is 11.1 Å². The summed E-state index contributed by atoms with van der Waals surface area (Å²) in [7, 11) is 4.78. The quantitative estimate of drug-likeness (QED) is 0.324. The number of methoxy groups -OCH3 is 2. The second-order valence-electron chi connectivity index (χ2n) is 5.42. The van der Waals surface area contributed by atoms with Crippen molar-refractivity contribution in [1.82, 2.24) is 10.6 Å². The van der Waals surface area contributed by atoms with Crippen molar-refractivity contribution < 1.29 is 23.0 Å². The third-order valence-electron chi connectivity index (χ3n) is 3.79. The number of nitrogens with one attached hydrogen (secondary N) is 2. The minimum atomic E-state index is -2.87. The van der Waals surface area contributed by atoms with Crippen LogP contribution in [-0.4, -0.2) is 33.8 Å². The first kappa shape index (κ1) is 23.7. The average molecular weight is 507 g/mol. The molecule has 0 saturated carbocycles. The van der Waals surface area contributed by atoms with E-state index in [4.69, 9.17) is 9.47 Å². The molecule has 0 aliphatic carbocycles. The number of rotatable bonds is 8. The molecule has 28 heavy (non-hydrogen) atoms. The molecule has 0 bridgehead atoms. The maximum Gasteiger partial charge on any atom is 0.387 e. The van der Waals surface area contributed by atoms with Gasteiger partial charge in [0.05, 0.1) is 14.2 Å². The highest BCUT2D eigenvalue weighted by molar-refractivity contribution is 14.0. The molecule has 2 N–H and O–H groups in total. The van der Waals surface area contributed by atoms with Crippen LogP contribution in [0.25, 0.3) is 0 Å². The number of ether oxygens (including phenoxy) is 3. The minimum absolute atomic E-state index is 0. The van der Waals surface area contributed by atoms with Gasteiger partial charge in [0.25, 0.3) is 0 Å². The Morgan fingerprint density at radius 1 is 0.929 bits per heavy atom. The van der Waals surface area contributed by atoms with E-state index >= 15 is 0 Å². The van der Waals surface area contributed by atoms with Crippen molar-refractivity contribution in [3.05, 3.63) is 53.6 Å². The third kappa shape index (κ3) is 6.70. The molecule has 0 aromatic heterocycles. The predicted molar refractivity (Wildman–Crippen MR) is 115 cm³/mol. The Balaban J connectivity index is 0.00000392. The van der Waals surface area contributed by atoms with Crippen molar-refractivity contribution in [1.29, 1.82) is 0 Å². The third-order valence-corrected chi connectivity index (χ3v) is 3.79. The molecular weight excluding hydrogens is 483 g/mol. The first-order chi connectivity index (χ1) is 13.1. The molecule has 9 heteroatoms. The first-order valence-electron chi connectivity index (χ1n) is 8.26. The average Bonchev–Trinajstić information content (AvgIpc) is 2.68. The van der Waals surface area contributed by atoms with Crippen LogP contribution in [0.5, 0.6) is 17.2 Å². The van der Waals surface area contributed by atoms with Crippen molar-refractivity contribution in [2.45, 2.75) is 19.7 Å². The Bertz CT molecular complexity index is 776. The summed E-state index contributed by atoms with van der Waals surface area (Å²) in [5.41, 5.74) is 1.49. The van der Waals surface area contributed by atoms with Gasteiger partial charge in [0.15, 0.2) is 17.5 Å². The van der Waals surface area contributed by atoms with Gasteiger partial charge in [-0.3, -0.25) is 4.99 Å². The molecule has 154 valence electrons. The van der Waals surface area contributed by atoms with Gasteiger partial charge in [-0.05, 0) is 12.1 Å². The maximum atomic E-state index is 12.5. The molecule has 0 fully saturated rings. The van der Waals surface area contributed by atoms with Gasteiger partial charge < -0.3 is 24.8 Å². The second kappa shape index (κ2) is 12.2. The molecule has 0 unspecified atom stereocenters. The molecule has 0 aliphatic rings. The number of alkyl halides is 2. The van der Waals surface area contributed by atoms with Crippen LogP contribution >= 0.6 is 24.0 Å². The molecule has 2 aromatic rings. The smallest absolute Gasteiger partial charge is 0.387 e. The molecule has 0 saturated heterocycles. The fourth-order valence-corrected chi connectivity index (χ4v) is 2.53. The normalized spacial score (nSPS) is 10.9. The van der Waals surface area contributed by atoms with Crippen molar-refractivity contribution in [2.75, 3.05) is 21.3 Å². The Kier molecular flexibility index (Phi) is 10.4. The highest BCUT2D eigenvalue weighted by Gasteiger charge is 2.11. The number of nitrogens with zero attached hydrogens (tertiary/aromatic N) is 1. The number of hydrogen-bond acceptors (Lipinski definition) is 4. The van der Waals surface area contributed by atoms with Crippen LogP contribution in [0, 0.1) is 0 Å². The number of guanidine groups is 1. The molecule has 0 aliphatic heterocycles. The van der Waals surface area contributed by atoms with Crippen LogP contribution in [0.15, 0.2) is 47.5 Å². The number of halogens is 3. The Morgan fingerprint density at radius 3 is 2.14 bits per heavy atom. The summed E-state index contributed by atoms with van der Waals surface area (Å²) in [5, 5.41) is 6.23. The van der Waals surface area contributed by atoms with Crippen LogP contribution < -0.4 is 24.8 Å². The van der Waals surface area contributed by atoms with E-state index in [1.807, 2.05) is 18.2 Å². The molecule has 2 aromatic carbocycles. The molecule has 0 atom stereocenters. The minimum Gasteiger partial charge on any atom is -0.493 e. The summed E-state index contributed by atoms with van der Waals surface area (Å²) in [6.07, 6.45) is 0. The summed E-state index contributed by atoms with van der Waals surface area (Å²) >= 11 is 0. The SMILES string of the molecule is CN=C(NCc1ccccc1OC(F)F)NCc1cccc(OC)c1OC.I. The molecular formula is C19H24F2IN3O3. The molecule has 0 spiro atoms. The topological polar surface area (TPSA) is 64.1 Å². The van der Waals surface area contributed by atoms with Crippen LogP contribution in [0.2, 0.25) is 0 Å². The maximum absolute atomic E-state index is 12.5. The van der Waals surface area contributed by atoms with E-state index in [1.165, 1.54) is 6.07 Å². The highest BCUT2D eigenvalue weighted by atomic mass is 127. The summed E-state index contributed by atoms with van der Waals surface area (Å²) in [6, 6.07) is 12.2. The lowest BCUT2D eigenvalue weighted by Gasteiger charge is -2.16. The predicted octanol–water partition coefficient (Wildman–Crippen LogP) is 3.79. The Morgan fingerprint density at radius 2 is 1.54 bits per heavy atom. The summed E-state index contributed by atoms with van der Waals surface area (Å²) in [5.74, 6) is 1.91. The van der Waals surface area contributed by atoms with E-state index in [0.717, 1.165) is 5.56 Å². The number of benzene rings is 2. The summed E-state index contributed by atoms with van der Waals surface area (Å²) in [6.45, 7) is -2.16. The highest BCUT2D eigenvalue weighted by Crippen LogP contribution is 2.30. The largest absolute Gasteiger partial charge is 0.493 e. The summed E-state index contributed by atoms with van der Waals surface area (Å²) in [4.78, 5) is 4.14. The molecule has 2 rings (SSSR count). The number of para-hydroxylation sites is 2. The van der Waals surface area contributed by atoms with Gasteiger partial charge in [-0.2, -0.15) is 8.78 Å². The zero-order valence-corrected chi connectivity index (χ0v) is 18.2. The lowest BCUT2D eigenvalue weighted by atomic mass is 10.2. The van der Waals surface area contributed by atoms with Gasteiger partial charge in [0, 0.05) is 31.3 Å². The van der Waals surface area contributed by atoms with E-state index in [9.17, 15) is 8.78 Å². The van der Waals surface area contributed by atoms with Gasteiger partial charge in [-0.1, -0.05) is 30.3 Å². The summed E-state index contributed by atoms with van der Waals surface area (Å²) < 4.78 is 40.2. The van der Waals surface area contributed by atoms with Crippen LogP contribution in [-0.2, 0) is 13.1 Å². The van der Waals surface area contributed by atoms with Crippen molar-refractivity contribution >= 4 is 29.9 Å². The Hall–Kier alpha value is -2.30. The zero-order chi connectivity index (χ0) is 19.6. The standard InChI is InChI=1S/C19H23F2N3O3.HI/c1-22-19(23-11-13-7-4-5-9-15(13)27-18(20)21)24-12-14-8-6-10-16(25-2)17(14)26-3;/h4-10,18H,11-12H2,1-3H3,(H2,22,23,24);1H. The van der Waals surface area contributed by atoms with Crippen LogP contribution in [0.3, 0.4) is 0 Å². The lowest BCUT2D eigenvalue weighted by molar-refractivity contribution is -0.0504. The second-order valence-corrected chi connectivity index (χ2v) is 5.42. The lowest BCUT2D eigenvalue weighted by Crippen LogP contribution is -2.36. The van der Waals surface area contributed by atoms with Gasteiger partial charge in [0.2, 0.25) is 0 Å². The number of aliphatic imine (C=N–C) groups is 1. The van der Waals surface area contributed by atoms with Crippen molar-refractivity contribution in [3.8, 4) is 17.2 Å². The first-order valence-corrected chi connectivity index (χ1v) is 8.26. The molecule has 0 amide bonds. The van der Waals surface area contributed by atoms with E-state index in [2.05, 4.69) is 20.4 Å². The molecule has 0 heterocycles. The van der Waals surface area contributed by atoms with E-state index in [0.29, 0.717) is 29.6 Å². The number of hydrogen-bond donors (Lipinski definition) is 2. The van der Waals surface area contributed by atoms with Crippen LogP contribution in [0.4, 0.5) is 8.78 Å². The van der Waals surface area contributed by atoms with Gasteiger partial charge in [-0.25, -0.2) is 0 Å². The molecule has 6 nitrogen and oxygen atoms in total. The van der Waals surface area contributed by atoms with Gasteiger partial charge >= 0.3 is 6.61 Å². The fourth-order valence-electron chi connectivity index (χ4n) is 2.53. The van der Waals surface area contributed by atoms with E-state index in [-0.39, 0.29) is 36.3 Å². The fraction of sp³-hybridized carbons (Fsp3) is 0.316. The van der Waals surface area contributed by atoms with Crippen molar-refractivity contribution in [2.24, 2.45) is 4.99 Å². The van der Waals surface area contributed by atoms with Gasteiger partial charge in [0.1, 0.15) is 5.75 Å². The van der Waals surface area contributed by atoms with E-state index < -0.39 is 6.61 Å². The van der Waals surface area contributed by atoms with Crippen molar-refractivity contribution in [3.63, 3.8) is 0 Å². The van der Waals surface area contributed by atoms with E-state index in [1.54, 1.807) is 39.5 Å². The molecule has 0 radical (unpaired) electrons. The van der Waals surface area contributed by atoms with Gasteiger partial charge in [-0.15, -0.1) is 24.0 Å².